The van der Waals surface area contributed by atoms with E-state index in [4.69, 9.17) is 0 Å². The molecule has 0 unspecified atom stereocenters. The number of benzene rings is 5. The maximum absolute atomic E-state index is 15.2. The Morgan fingerprint density at radius 2 is 1.09 bits per heavy atom. The van der Waals surface area contributed by atoms with Gasteiger partial charge in [0, 0.05) is 23.3 Å². The smallest absolute Gasteiger partial charge is 0.429 e. The molecule has 1 nitrogen and oxygen atoms in total. The van der Waals surface area contributed by atoms with Crippen LogP contribution in [0.25, 0.3) is 33.4 Å². The molecule has 0 saturated carbocycles. The summed E-state index contributed by atoms with van der Waals surface area (Å²) < 4.78 is 149. The minimum Gasteiger partial charge on any atom is -0.429 e. The fourth-order valence-corrected chi connectivity index (χ4v) is 5.15. The van der Waals surface area contributed by atoms with Gasteiger partial charge in [-0.2, -0.15) is 8.78 Å². The van der Waals surface area contributed by atoms with Crippen LogP contribution in [0.1, 0.15) is 37.3 Å². The highest BCUT2D eigenvalue weighted by atomic mass is 19.3. The van der Waals surface area contributed by atoms with Crippen molar-refractivity contribution in [3.63, 3.8) is 0 Å². The van der Waals surface area contributed by atoms with Crippen LogP contribution in [-0.2, 0) is 12.5 Å². The topological polar surface area (TPSA) is 9.23 Å². The monoisotopic (exact) mass is 662 g/mol. The van der Waals surface area contributed by atoms with Gasteiger partial charge in [0.15, 0.2) is 17.5 Å². The maximum atomic E-state index is 15.2. The van der Waals surface area contributed by atoms with Gasteiger partial charge in [0.25, 0.3) is 0 Å². The zero-order valence-corrected chi connectivity index (χ0v) is 24.5. The number of rotatable bonds is 10. The number of unbranched alkanes of at least 4 members (excludes halogenated alkanes) is 2. The highest BCUT2D eigenvalue weighted by Crippen LogP contribution is 2.38. The molecule has 244 valence electrons. The fraction of sp³-hybridized carbons (Fsp3) is 0.167. The van der Waals surface area contributed by atoms with Crippen molar-refractivity contribution < 1.29 is 48.6 Å². The van der Waals surface area contributed by atoms with Crippen LogP contribution in [0.5, 0.6) is 5.75 Å². The molecule has 47 heavy (non-hydrogen) atoms. The summed E-state index contributed by atoms with van der Waals surface area (Å²) in [5.74, 6) is -12.4. The Hall–Kier alpha value is -4.80. The second kappa shape index (κ2) is 13.5. The quantitative estimate of drug-likeness (QED) is 0.0822. The normalized spacial score (nSPS) is 11.6. The van der Waals surface area contributed by atoms with Gasteiger partial charge < -0.3 is 4.74 Å². The van der Waals surface area contributed by atoms with E-state index in [1.807, 2.05) is 0 Å². The van der Waals surface area contributed by atoms with E-state index in [9.17, 15) is 30.7 Å². The summed E-state index contributed by atoms with van der Waals surface area (Å²) in [6.45, 7) is 2.06. The first-order valence-corrected chi connectivity index (χ1v) is 14.4. The van der Waals surface area contributed by atoms with Crippen LogP contribution in [0.15, 0.2) is 78.9 Å². The summed E-state index contributed by atoms with van der Waals surface area (Å²) in [4.78, 5) is 0. The van der Waals surface area contributed by atoms with Crippen molar-refractivity contribution in [2.24, 2.45) is 0 Å². The lowest BCUT2D eigenvalue weighted by atomic mass is 9.95. The maximum Gasteiger partial charge on any atom is 0.429 e. The van der Waals surface area contributed by atoms with Gasteiger partial charge in [0.2, 0.25) is 0 Å². The molecule has 0 aliphatic heterocycles. The average Bonchev–Trinajstić information content (AvgIpc) is 2.99. The Kier molecular flexibility index (Phi) is 9.65. The minimum absolute atomic E-state index is 0.131. The van der Waals surface area contributed by atoms with E-state index < -0.39 is 75.1 Å². The van der Waals surface area contributed by atoms with Gasteiger partial charge >= 0.3 is 6.11 Å². The van der Waals surface area contributed by atoms with Crippen molar-refractivity contribution in [2.45, 2.75) is 38.7 Å². The van der Waals surface area contributed by atoms with Gasteiger partial charge in [-0.15, -0.1) is 0 Å². The highest BCUT2D eigenvalue weighted by Gasteiger charge is 2.38. The molecule has 0 aliphatic rings. The van der Waals surface area contributed by atoms with Crippen LogP contribution >= 0.6 is 0 Å². The lowest BCUT2D eigenvalue weighted by molar-refractivity contribution is -0.187. The van der Waals surface area contributed by atoms with E-state index in [2.05, 4.69) is 11.7 Å². The molecule has 0 radical (unpaired) electrons. The lowest BCUT2D eigenvalue weighted by Crippen LogP contribution is -2.23. The summed E-state index contributed by atoms with van der Waals surface area (Å²) in [5, 5.41) is 0. The second-order valence-corrected chi connectivity index (χ2v) is 10.8. The molecule has 5 aromatic carbocycles. The Balaban J connectivity index is 1.39. The van der Waals surface area contributed by atoms with E-state index in [0.717, 1.165) is 49.1 Å². The largest absolute Gasteiger partial charge is 0.429 e. The molecule has 0 fully saturated rings. The Morgan fingerprint density at radius 3 is 1.68 bits per heavy atom. The predicted octanol–water partition coefficient (Wildman–Crippen LogP) is 11.7. The number of hydrogen-bond donors (Lipinski definition) is 0. The van der Waals surface area contributed by atoms with Crippen LogP contribution in [0.3, 0.4) is 0 Å². The third kappa shape index (κ3) is 7.13. The summed E-state index contributed by atoms with van der Waals surface area (Å²) in [5.41, 5.74) is -2.09. The molecular weight excluding hydrogens is 638 g/mol. The highest BCUT2D eigenvalue weighted by molar-refractivity contribution is 5.75. The SMILES string of the molecule is CCCCCc1ccc(-c2ccc(-c3cc(F)c(-c4ccc(C(F)(F)Oc5cc(F)c(F)c(F)c5)c(F)c4)c(F)c3)c(F)c2)c(F)c1. The van der Waals surface area contributed by atoms with E-state index in [1.165, 1.54) is 24.3 Å². The first-order chi connectivity index (χ1) is 22.3. The molecule has 11 heteroatoms. The molecule has 0 atom stereocenters. The standard InChI is InChI=1S/C36H24F10O/c1-2-3-4-5-19-6-9-24(27(37)12-19)20-7-10-25(28(38)13-20)22-15-30(40)34(31(41)16-22)21-8-11-26(29(39)14-21)36(45,46)47-23-17-32(42)35(44)33(43)18-23/h6-18H,2-5H2,1H3. The molecule has 0 saturated heterocycles. The molecule has 0 aromatic heterocycles. The van der Waals surface area contributed by atoms with Crippen molar-refractivity contribution >= 4 is 0 Å². The number of halogens is 10. The van der Waals surface area contributed by atoms with Crippen LogP contribution in [0.2, 0.25) is 0 Å². The molecule has 0 spiro atoms. The first kappa shape index (κ1) is 33.6. The van der Waals surface area contributed by atoms with Gasteiger partial charge in [-0.25, -0.2) is 35.1 Å². The van der Waals surface area contributed by atoms with Crippen molar-refractivity contribution in [1.82, 2.24) is 0 Å². The molecule has 0 bridgehead atoms. The molecular formula is C36H24F10O. The van der Waals surface area contributed by atoms with Gasteiger partial charge in [-0.1, -0.05) is 50.1 Å². The number of hydrogen-bond acceptors (Lipinski definition) is 1. The third-order valence-electron chi connectivity index (χ3n) is 7.51. The Bertz CT molecular complexity index is 1910. The van der Waals surface area contributed by atoms with Gasteiger partial charge in [0.05, 0.1) is 11.1 Å². The third-order valence-corrected chi connectivity index (χ3v) is 7.51. The van der Waals surface area contributed by atoms with Crippen LogP contribution in [0.4, 0.5) is 43.9 Å². The van der Waals surface area contributed by atoms with E-state index >= 15 is 13.2 Å². The molecule has 0 N–H and O–H groups in total. The lowest BCUT2D eigenvalue weighted by Gasteiger charge is -2.19. The van der Waals surface area contributed by atoms with Gasteiger partial charge in [-0.05, 0) is 71.5 Å². The number of alkyl halides is 2. The summed E-state index contributed by atoms with van der Waals surface area (Å²) >= 11 is 0. The summed E-state index contributed by atoms with van der Waals surface area (Å²) in [6, 6.07) is 11.7. The van der Waals surface area contributed by atoms with E-state index in [0.29, 0.717) is 18.6 Å². The average molecular weight is 663 g/mol. The van der Waals surface area contributed by atoms with Crippen molar-refractivity contribution in [1.29, 1.82) is 0 Å². The van der Waals surface area contributed by atoms with Crippen molar-refractivity contribution in [3.8, 4) is 39.1 Å². The fourth-order valence-electron chi connectivity index (χ4n) is 5.15. The molecule has 0 amide bonds. The summed E-state index contributed by atoms with van der Waals surface area (Å²) in [7, 11) is 0. The Morgan fingerprint density at radius 1 is 0.532 bits per heavy atom. The molecule has 5 rings (SSSR count). The zero-order chi connectivity index (χ0) is 34.0. The van der Waals surface area contributed by atoms with Gasteiger partial charge in [0.1, 0.15) is 34.8 Å². The molecule has 0 heterocycles. The first-order valence-electron chi connectivity index (χ1n) is 14.4. The number of ether oxygens (including phenoxy) is 1. The number of aryl methyl sites for hydroxylation is 1. The zero-order valence-electron chi connectivity index (χ0n) is 24.5. The molecule has 0 aliphatic carbocycles. The van der Waals surface area contributed by atoms with Crippen molar-refractivity contribution in [3.05, 3.63) is 137 Å². The second-order valence-electron chi connectivity index (χ2n) is 10.8. The molecule has 5 aromatic rings. The predicted molar refractivity (Wildman–Crippen MR) is 157 cm³/mol. The van der Waals surface area contributed by atoms with Crippen LogP contribution in [0, 0.1) is 46.5 Å². The van der Waals surface area contributed by atoms with Crippen LogP contribution < -0.4 is 4.74 Å². The van der Waals surface area contributed by atoms with Crippen molar-refractivity contribution in [2.75, 3.05) is 0 Å². The minimum atomic E-state index is -4.54. The van der Waals surface area contributed by atoms with E-state index in [-0.39, 0.29) is 34.4 Å². The Labute approximate surface area is 263 Å². The van der Waals surface area contributed by atoms with Crippen LogP contribution in [-0.4, -0.2) is 0 Å². The van der Waals surface area contributed by atoms with E-state index in [1.54, 1.807) is 6.07 Å². The summed E-state index contributed by atoms with van der Waals surface area (Å²) in [6.07, 6.45) is -0.914. The van der Waals surface area contributed by atoms with Gasteiger partial charge in [-0.3, -0.25) is 0 Å².